The van der Waals surface area contributed by atoms with Gasteiger partial charge in [0.1, 0.15) is 17.5 Å². The molecule has 0 radical (unpaired) electrons. The molecule has 2 amide bonds. The lowest BCUT2D eigenvalue weighted by Gasteiger charge is -2.36. The number of pyridine rings is 1. The lowest BCUT2D eigenvalue weighted by Crippen LogP contribution is -2.50. The molecule has 3 rings (SSSR count). The zero-order valence-corrected chi connectivity index (χ0v) is 15.5. The molecule has 8 nitrogen and oxygen atoms in total. The minimum absolute atomic E-state index is 0.0175. The maximum Gasteiger partial charge on any atom is 0.266 e. The third-order valence-electron chi connectivity index (χ3n) is 4.96. The first kappa shape index (κ1) is 18.7. The molecular weight excluding hydrogens is 344 g/mol. The molecule has 1 aromatic rings. The van der Waals surface area contributed by atoms with Crippen LogP contribution in [0, 0.1) is 11.3 Å². The fraction of sp³-hybridized carbons (Fsp3) is 0.474. The van der Waals surface area contributed by atoms with Crippen LogP contribution in [0.1, 0.15) is 6.92 Å². The van der Waals surface area contributed by atoms with Gasteiger partial charge in [-0.05, 0) is 12.1 Å². The summed E-state index contributed by atoms with van der Waals surface area (Å²) in [6, 6.07) is 7.89. The average Bonchev–Trinajstić information content (AvgIpc) is 2.72. The predicted molar refractivity (Wildman–Crippen MR) is 101 cm³/mol. The van der Waals surface area contributed by atoms with Gasteiger partial charge in [-0.2, -0.15) is 5.26 Å². The number of aromatic nitrogens is 1. The van der Waals surface area contributed by atoms with E-state index in [9.17, 15) is 14.9 Å². The summed E-state index contributed by atoms with van der Waals surface area (Å²) >= 11 is 0. The fourth-order valence-corrected chi connectivity index (χ4v) is 3.33. The van der Waals surface area contributed by atoms with Crippen LogP contribution in [0.25, 0.3) is 0 Å². The third-order valence-corrected chi connectivity index (χ3v) is 4.96. The van der Waals surface area contributed by atoms with Crippen LogP contribution in [0.5, 0.6) is 0 Å². The van der Waals surface area contributed by atoms with Crippen molar-refractivity contribution in [2.45, 2.75) is 6.92 Å². The highest BCUT2D eigenvalue weighted by Gasteiger charge is 2.25. The van der Waals surface area contributed by atoms with Gasteiger partial charge in [-0.3, -0.25) is 9.59 Å². The van der Waals surface area contributed by atoms with Crippen molar-refractivity contribution < 1.29 is 9.59 Å². The van der Waals surface area contributed by atoms with Crippen LogP contribution in [0.15, 0.2) is 36.2 Å². The van der Waals surface area contributed by atoms with E-state index in [-0.39, 0.29) is 17.4 Å². The third kappa shape index (κ3) is 4.56. The number of piperazine rings is 2. The van der Waals surface area contributed by atoms with Gasteiger partial charge in [-0.25, -0.2) is 4.98 Å². The van der Waals surface area contributed by atoms with Crippen molar-refractivity contribution in [2.75, 3.05) is 57.3 Å². The fourth-order valence-electron chi connectivity index (χ4n) is 3.33. The molecule has 1 aromatic heterocycles. The Morgan fingerprint density at radius 1 is 1.04 bits per heavy atom. The quantitative estimate of drug-likeness (QED) is 0.564. The van der Waals surface area contributed by atoms with Gasteiger partial charge in [0.2, 0.25) is 5.91 Å². The molecule has 0 N–H and O–H groups in total. The Bertz CT molecular complexity index is 741. The van der Waals surface area contributed by atoms with Crippen LogP contribution >= 0.6 is 0 Å². The highest BCUT2D eigenvalue weighted by Crippen LogP contribution is 2.14. The molecule has 0 bridgehead atoms. The summed E-state index contributed by atoms with van der Waals surface area (Å²) in [5, 5.41) is 9.45. The average molecular weight is 368 g/mol. The van der Waals surface area contributed by atoms with Gasteiger partial charge in [0.25, 0.3) is 5.91 Å². The maximum atomic E-state index is 12.6. The van der Waals surface area contributed by atoms with Crippen LogP contribution < -0.4 is 4.90 Å². The second-order valence-electron chi connectivity index (χ2n) is 6.66. The monoisotopic (exact) mass is 368 g/mol. The van der Waals surface area contributed by atoms with Crippen molar-refractivity contribution in [3.63, 3.8) is 0 Å². The number of amides is 2. The number of carbonyl (C=O) groups is 2. The summed E-state index contributed by atoms with van der Waals surface area (Å²) in [6.07, 6.45) is 3.45. The highest BCUT2D eigenvalue weighted by atomic mass is 16.2. The molecule has 142 valence electrons. The van der Waals surface area contributed by atoms with E-state index >= 15 is 0 Å². The number of hydrogen-bond acceptors (Lipinski definition) is 6. The zero-order valence-electron chi connectivity index (χ0n) is 15.5. The van der Waals surface area contributed by atoms with Crippen molar-refractivity contribution in [1.29, 1.82) is 5.26 Å². The van der Waals surface area contributed by atoms with Gasteiger partial charge in [-0.1, -0.05) is 6.07 Å². The van der Waals surface area contributed by atoms with Gasteiger partial charge < -0.3 is 19.6 Å². The van der Waals surface area contributed by atoms with E-state index in [1.165, 1.54) is 6.92 Å². The number of carbonyl (C=O) groups excluding carboxylic acids is 2. The van der Waals surface area contributed by atoms with Crippen molar-refractivity contribution in [1.82, 2.24) is 19.7 Å². The van der Waals surface area contributed by atoms with Crippen molar-refractivity contribution in [2.24, 2.45) is 0 Å². The SMILES string of the molecule is CC(=O)N1CCN(C(=O)/C(C#N)=C\N2CCN(c3ccccn3)CC2)CC1. The predicted octanol–water partition coefficient (Wildman–Crippen LogP) is 0.302. The van der Waals surface area contributed by atoms with Crippen molar-refractivity contribution >= 4 is 17.6 Å². The number of nitriles is 1. The summed E-state index contributed by atoms with van der Waals surface area (Å²) in [4.78, 5) is 36.0. The molecule has 0 unspecified atom stereocenters. The molecule has 0 aromatic carbocycles. The summed E-state index contributed by atoms with van der Waals surface area (Å²) in [6.45, 7) is 6.53. The Labute approximate surface area is 159 Å². The number of rotatable bonds is 3. The maximum absolute atomic E-state index is 12.6. The van der Waals surface area contributed by atoms with E-state index in [2.05, 4.69) is 9.88 Å². The smallest absolute Gasteiger partial charge is 0.266 e. The summed E-state index contributed by atoms with van der Waals surface area (Å²) in [7, 11) is 0. The van der Waals surface area contributed by atoms with E-state index in [1.807, 2.05) is 29.2 Å². The first-order valence-corrected chi connectivity index (χ1v) is 9.15. The van der Waals surface area contributed by atoms with E-state index in [0.29, 0.717) is 26.2 Å². The van der Waals surface area contributed by atoms with Crippen LogP contribution in [0.3, 0.4) is 0 Å². The molecule has 0 atom stereocenters. The van der Waals surface area contributed by atoms with Gasteiger partial charge in [0, 0.05) is 71.7 Å². The topological polar surface area (TPSA) is 83.8 Å². The van der Waals surface area contributed by atoms with E-state index in [1.54, 1.807) is 22.2 Å². The Kier molecular flexibility index (Phi) is 5.91. The van der Waals surface area contributed by atoms with E-state index in [4.69, 9.17) is 0 Å². The Balaban J connectivity index is 1.56. The molecule has 2 fully saturated rings. The van der Waals surface area contributed by atoms with Crippen molar-refractivity contribution in [3.8, 4) is 6.07 Å². The van der Waals surface area contributed by atoms with E-state index < -0.39 is 0 Å². The Hall–Kier alpha value is -3.08. The minimum Gasteiger partial charge on any atom is -0.373 e. The molecule has 27 heavy (non-hydrogen) atoms. The number of hydrogen-bond donors (Lipinski definition) is 0. The molecule has 0 aliphatic carbocycles. The van der Waals surface area contributed by atoms with Gasteiger partial charge in [0.15, 0.2) is 0 Å². The first-order valence-electron chi connectivity index (χ1n) is 9.15. The largest absolute Gasteiger partial charge is 0.373 e. The Morgan fingerprint density at radius 2 is 1.70 bits per heavy atom. The lowest BCUT2D eigenvalue weighted by atomic mass is 10.2. The summed E-state index contributed by atoms with van der Waals surface area (Å²) in [5.41, 5.74) is 0.151. The molecule has 2 saturated heterocycles. The van der Waals surface area contributed by atoms with Crippen LogP contribution in [-0.2, 0) is 9.59 Å². The molecular formula is C19H24N6O2. The normalized spacial score (nSPS) is 18.3. The molecule has 3 heterocycles. The second kappa shape index (κ2) is 8.54. The number of anilines is 1. The van der Waals surface area contributed by atoms with Gasteiger partial charge >= 0.3 is 0 Å². The van der Waals surface area contributed by atoms with Crippen LogP contribution in [-0.4, -0.2) is 83.9 Å². The minimum atomic E-state index is -0.257. The first-order chi connectivity index (χ1) is 13.1. The summed E-state index contributed by atoms with van der Waals surface area (Å²) < 4.78 is 0. The number of nitrogens with zero attached hydrogens (tertiary/aromatic N) is 6. The van der Waals surface area contributed by atoms with Crippen LogP contribution in [0.4, 0.5) is 5.82 Å². The lowest BCUT2D eigenvalue weighted by molar-refractivity contribution is -0.136. The van der Waals surface area contributed by atoms with Crippen LogP contribution in [0.2, 0.25) is 0 Å². The van der Waals surface area contributed by atoms with Gasteiger partial charge in [0.05, 0.1) is 0 Å². The molecule has 8 heteroatoms. The van der Waals surface area contributed by atoms with E-state index in [0.717, 1.165) is 32.0 Å². The molecule has 2 aliphatic rings. The molecule has 0 saturated carbocycles. The summed E-state index contributed by atoms with van der Waals surface area (Å²) in [5.74, 6) is 0.706. The standard InChI is InChI=1S/C19H24N6O2/c1-16(26)23-10-12-25(13-11-23)19(27)17(14-20)15-22-6-8-24(9-7-22)18-4-2-3-5-21-18/h2-5,15H,6-13H2,1H3/b17-15-. The van der Waals surface area contributed by atoms with Crippen molar-refractivity contribution in [3.05, 3.63) is 36.2 Å². The Morgan fingerprint density at radius 3 is 2.26 bits per heavy atom. The second-order valence-corrected chi connectivity index (χ2v) is 6.66. The van der Waals surface area contributed by atoms with Gasteiger partial charge in [-0.15, -0.1) is 0 Å². The molecule has 0 spiro atoms. The zero-order chi connectivity index (χ0) is 19.2. The highest BCUT2D eigenvalue weighted by molar-refractivity contribution is 5.97. The molecule has 2 aliphatic heterocycles.